The summed E-state index contributed by atoms with van der Waals surface area (Å²) in [5.41, 5.74) is 5.30. The quantitative estimate of drug-likeness (QED) is 0.666. The molecule has 0 saturated heterocycles. The summed E-state index contributed by atoms with van der Waals surface area (Å²) in [5.74, 6) is -0.397. The Morgan fingerprint density at radius 2 is 1.44 bits per heavy atom. The molecule has 82 valence electrons. The van der Waals surface area contributed by atoms with Crippen molar-refractivity contribution < 1.29 is 0 Å². The monoisotopic (exact) mass is 233 g/mol. The number of anilines is 1. The van der Waals surface area contributed by atoms with E-state index < -0.39 is 0 Å². The molecule has 1 aliphatic heterocycles. The lowest BCUT2D eigenvalue weighted by Gasteiger charge is -2.01. The van der Waals surface area contributed by atoms with E-state index in [1.54, 1.807) is 24.3 Å². The van der Waals surface area contributed by atoms with Gasteiger partial charge in [-0.05, 0) is 0 Å². The Hall–Kier alpha value is -3.55. The van der Waals surface area contributed by atoms with Gasteiger partial charge in [-0.15, -0.1) is 0 Å². The molecule has 2 heterocycles. The molecule has 0 amide bonds. The lowest BCUT2D eigenvalue weighted by Crippen LogP contribution is -2.11. The highest BCUT2D eigenvalue weighted by molar-refractivity contribution is 6.18. The summed E-state index contributed by atoms with van der Waals surface area (Å²) in [4.78, 5) is 0. The Labute approximate surface area is 101 Å². The van der Waals surface area contributed by atoms with Crippen molar-refractivity contribution in [3.8, 4) is 24.3 Å². The van der Waals surface area contributed by atoms with E-state index in [-0.39, 0.29) is 39.6 Å². The van der Waals surface area contributed by atoms with Crippen LogP contribution in [0, 0.1) is 50.7 Å². The third-order valence-electron chi connectivity index (χ3n) is 2.60. The van der Waals surface area contributed by atoms with Gasteiger partial charge in [-0.2, -0.15) is 21.0 Å². The number of hydrogen-bond donors (Lipinski definition) is 2. The Bertz CT molecular complexity index is 793. The molecule has 1 aliphatic rings. The van der Waals surface area contributed by atoms with Gasteiger partial charge in [0.05, 0.1) is 16.8 Å². The third kappa shape index (κ3) is 0.998. The van der Waals surface area contributed by atoms with Gasteiger partial charge in [0, 0.05) is 0 Å². The second-order valence-electron chi connectivity index (χ2n) is 3.37. The summed E-state index contributed by atoms with van der Waals surface area (Å²) in [6.45, 7) is 0. The maximum atomic E-state index is 9.03. The lowest BCUT2D eigenvalue weighted by atomic mass is 10.0. The van der Waals surface area contributed by atoms with Gasteiger partial charge in [0.15, 0.2) is 5.84 Å². The van der Waals surface area contributed by atoms with E-state index in [4.69, 9.17) is 32.2 Å². The van der Waals surface area contributed by atoms with Crippen molar-refractivity contribution >= 4 is 17.2 Å². The number of rotatable bonds is 0. The van der Waals surface area contributed by atoms with Gasteiger partial charge in [0.25, 0.3) is 0 Å². The molecule has 0 saturated carbocycles. The largest absolute Gasteiger partial charge is 0.384 e. The molecule has 0 unspecified atom stereocenters. The van der Waals surface area contributed by atoms with Gasteiger partial charge in [0.1, 0.15) is 41.2 Å². The first-order valence-electron chi connectivity index (χ1n) is 4.60. The van der Waals surface area contributed by atoms with Crippen LogP contribution >= 0.6 is 0 Å². The van der Waals surface area contributed by atoms with E-state index in [2.05, 4.69) is 0 Å². The number of allylic oxidation sites excluding steroid dienone is 2. The number of hydrogen-bond acceptors (Lipinski definition) is 6. The lowest BCUT2D eigenvalue weighted by molar-refractivity contribution is 1.14. The summed E-state index contributed by atoms with van der Waals surface area (Å²) in [7, 11) is 0. The van der Waals surface area contributed by atoms with Crippen molar-refractivity contribution in [1.29, 1.82) is 26.5 Å². The molecule has 0 atom stereocenters. The molecule has 7 nitrogen and oxygen atoms in total. The van der Waals surface area contributed by atoms with Crippen LogP contribution in [0.1, 0.15) is 16.8 Å². The summed E-state index contributed by atoms with van der Waals surface area (Å²) in [6.07, 6.45) is 0. The molecule has 7 heteroatoms. The number of nitriles is 4. The van der Waals surface area contributed by atoms with Crippen LogP contribution in [0.15, 0.2) is 5.57 Å². The number of fused-ring (bicyclic) bond motifs is 1. The zero-order chi connectivity index (χ0) is 13.4. The topological polar surface area (TPSA) is 150 Å². The molecule has 18 heavy (non-hydrogen) atoms. The summed E-state index contributed by atoms with van der Waals surface area (Å²) >= 11 is 0. The maximum absolute atomic E-state index is 9.03. The fourth-order valence-corrected chi connectivity index (χ4v) is 1.85. The van der Waals surface area contributed by atoms with Crippen LogP contribution < -0.4 is 5.73 Å². The molecule has 1 aromatic rings. The number of nitrogens with one attached hydrogen (secondary N) is 1. The van der Waals surface area contributed by atoms with E-state index in [0.29, 0.717) is 0 Å². The van der Waals surface area contributed by atoms with Crippen LogP contribution in [0.5, 0.6) is 0 Å². The van der Waals surface area contributed by atoms with E-state index in [1.807, 2.05) is 0 Å². The predicted molar refractivity (Wildman–Crippen MR) is 59.5 cm³/mol. The molecular formula is C11H3N7. The highest BCUT2D eigenvalue weighted by Gasteiger charge is 2.35. The molecule has 0 fully saturated rings. The predicted octanol–water partition coefficient (Wildman–Crippen LogP) is 0.453. The minimum Gasteiger partial charge on any atom is -0.384 e. The zero-order valence-corrected chi connectivity index (χ0v) is 8.81. The molecule has 1 aromatic heterocycles. The van der Waals surface area contributed by atoms with E-state index >= 15 is 0 Å². The van der Waals surface area contributed by atoms with Crippen LogP contribution in [0.4, 0.5) is 5.82 Å². The van der Waals surface area contributed by atoms with Crippen molar-refractivity contribution in [3.63, 3.8) is 0 Å². The third-order valence-corrected chi connectivity index (χ3v) is 2.60. The van der Waals surface area contributed by atoms with Gasteiger partial charge in [-0.25, -0.2) is 0 Å². The van der Waals surface area contributed by atoms with E-state index in [9.17, 15) is 0 Å². The van der Waals surface area contributed by atoms with Crippen molar-refractivity contribution in [2.75, 3.05) is 5.73 Å². The zero-order valence-electron chi connectivity index (χ0n) is 8.81. The van der Waals surface area contributed by atoms with Crippen LogP contribution in [0.25, 0.3) is 5.57 Å². The second-order valence-corrected chi connectivity index (χ2v) is 3.37. The highest BCUT2D eigenvalue weighted by atomic mass is 15.1. The summed E-state index contributed by atoms with van der Waals surface area (Å²) in [5, 5.41) is 43.6. The molecule has 0 spiro atoms. The van der Waals surface area contributed by atoms with Crippen LogP contribution in [0.3, 0.4) is 0 Å². The first-order chi connectivity index (χ1) is 8.62. The standard InChI is InChI=1S/C11H3N7/c12-1-5-7(3-14)10(16)18-9(5)6(2-13)8(4-15)11(18)17/h16H,17H2. The fraction of sp³-hybridized carbons (Fsp3) is 0. The minimum atomic E-state index is -0.292. The number of nitrogens with zero attached hydrogens (tertiary/aromatic N) is 5. The highest BCUT2D eigenvalue weighted by Crippen LogP contribution is 2.36. The van der Waals surface area contributed by atoms with Crippen LogP contribution in [0.2, 0.25) is 0 Å². The number of aromatic nitrogens is 1. The molecule has 0 aliphatic carbocycles. The van der Waals surface area contributed by atoms with Gasteiger partial charge in [-0.1, -0.05) is 0 Å². The first-order valence-corrected chi connectivity index (χ1v) is 4.60. The fourth-order valence-electron chi connectivity index (χ4n) is 1.85. The van der Waals surface area contributed by atoms with E-state index in [1.165, 1.54) is 0 Å². The van der Waals surface area contributed by atoms with Gasteiger partial charge >= 0.3 is 0 Å². The molecule has 3 N–H and O–H groups in total. The summed E-state index contributed by atoms with van der Waals surface area (Å²) < 4.78 is 1.08. The number of nitrogen functional groups attached to an aromatic ring is 1. The Kier molecular flexibility index (Phi) is 2.12. The molecule has 2 rings (SSSR count). The average Bonchev–Trinajstić information content (AvgIpc) is 2.81. The second kappa shape index (κ2) is 3.49. The van der Waals surface area contributed by atoms with Crippen LogP contribution in [-0.4, -0.2) is 10.4 Å². The van der Waals surface area contributed by atoms with Crippen molar-refractivity contribution in [2.45, 2.75) is 0 Å². The minimum absolute atomic E-state index is 0.0515. The Morgan fingerprint density at radius 3 is 1.89 bits per heavy atom. The van der Waals surface area contributed by atoms with Gasteiger partial charge in [0.2, 0.25) is 0 Å². The number of nitrogens with two attached hydrogens (primary N) is 1. The molecule has 0 aromatic carbocycles. The first kappa shape index (κ1) is 11.0. The molecular weight excluding hydrogens is 230 g/mol. The maximum Gasteiger partial charge on any atom is 0.150 e. The SMILES string of the molecule is N#CC1=C(C#N)c2c(C#N)c(C#N)c(N)n2C1=N. The van der Waals surface area contributed by atoms with Crippen molar-refractivity contribution in [2.24, 2.45) is 0 Å². The smallest absolute Gasteiger partial charge is 0.150 e. The normalized spacial score (nSPS) is 12.3. The van der Waals surface area contributed by atoms with Crippen LogP contribution in [-0.2, 0) is 0 Å². The molecule has 0 bridgehead atoms. The molecule has 0 radical (unpaired) electrons. The van der Waals surface area contributed by atoms with Gasteiger partial charge < -0.3 is 5.73 Å². The summed E-state index contributed by atoms with van der Waals surface area (Å²) in [6, 6.07) is 7.04. The van der Waals surface area contributed by atoms with Gasteiger partial charge in [-0.3, -0.25) is 9.98 Å². The van der Waals surface area contributed by atoms with E-state index in [0.717, 1.165) is 4.57 Å². The Morgan fingerprint density at radius 1 is 0.889 bits per heavy atom. The average molecular weight is 233 g/mol. The van der Waals surface area contributed by atoms with Crippen molar-refractivity contribution in [1.82, 2.24) is 4.57 Å². The Balaban J connectivity index is 3.01. The van der Waals surface area contributed by atoms with Crippen molar-refractivity contribution in [3.05, 3.63) is 22.4 Å².